The van der Waals surface area contributed by atoms with Gasteiger partial charge in [0.1, 0.15) is 6.04 Å². The molecule has 0 aliphatic carbocycles. The number of hydrogen-bond acceptors (Lipinski definition) is 8. The summed E-state index contributed by atoms with van der Waals surface area (Å²) >= 11 is 0. The lowest BCUT2D eigenvalue weighted by molar-refractivity contribution is -0.148. The molecule has 11 nitrogen and oxygen atoms in total. The Hall–Kier alpha value is -5.81. The number of amides is 2. The minimum Gasteiger partial charge on any atom is -0.481 e. The lowest BCUT2D eigenvalue weighted by Gasteiger charge is -2.27. The number of hydrogen-bond donors (Lipinski definition) is 4. The number of ether oxygens (including phenoxy) is 1. The molecule has 0 saturated heterocycles. The smallest absolute Gasteiger partial charge is 0.339 e. The Morgan fingerprint density at radius 2 is 1.49 bits per heavy atom. The molecule has 1 unspecified atom stereocenters. The zero-order valence-corrected chi connectivity index (χ0v) is 28.9. The van der Waals surface area contributed by atoms with Gasteiger partial charge >= 0.3 is 11.9 Å². The highest BCUT2D eigenvalue weighted by molar-refractivity contribution is 6.07. The third-order valence-corrected chi connectivity index (χ3v) is 8.86. The lowest BCUT2D eigenvalue weighted by Crippen LogP contribution is -2.54. The van der Waals surface area contributed by atoms with Crippen LogP contribution in [0, 0.1) is 19.8 Å². The van der Waals surface area contributed by atoms with Gasteiger partial charge in [-0.15, -0.1) is 0 Å². The van der Waals surface area contributed by atoms with E-state index in [4.69, 9.17) is 9.57 Å². The molecule has 0 spiro atoms. The molecule has 5 rings (SSSR count). The third kappa shape index (κ3) is 8.50. The average molecular weight is 692 g/mol. The van der Waals surface area contributed by atoms with Crippen LogP contribution in [-0.2, 0) is 30.4 Å². The van der Waals surface area contributed by atoms with Crippen molar-refractivity contribution in [2.75, 3.05) is 6.61 Å². The van der Waals surface area contributed by atoms with Crippen molar-refractivity contribution >= 4 is 40.3 Å². The number of esters is 1. The first-order chi connectivity index (χ1) is 24.4. The van der Waals surface area contributed by atoms with Gasteiger partial charge in [0, 0.05) is 12.0 Å². The number of carbonyl (C=O) groups excluding carboxylic acids is 4. The lowest BCUT2D eigenvalue weighted by atomic mass is 9.90. The molecule has 51 heavy (non-hydrogen) atoms. The molecule has 0 aromatic heterocycles. The molecule has 2 amide bonds. The van der Waals surface area contributed by atoms with Crippen molar-refractivity contribution < 1.29 is 38.7 Å². The molecule has 4 aromatic rings. The summed E-state index contributed by atoms with van der Waals surface area (Å²) in [5, 5.41) is 17.0. The normalized spacial score (nSPS) is 16.5. The highest BCUT2D eigenvalue weighted by Crippen LogP contribution is 2.30. The van der Waals surface area contributed by atoms with Crippen molar-refractivity contribution in [3.8, 4) is 0 Å². The SMILES string of the molecule is Cc1cccc(C)c1C(=O)OCC(=O)[C@H](CC(=O)O)NC(=O)C1(Cc2ccccc2)C=C([C@@H](NC(=O)c2cccc3ccccc23)C(C)C)NO1. The van der Waals surface area contributed by atoms with Crippen LogP contribution in [0.1, 0.15) is 57.7 Å². The van der Waals surface area contributed by atoms with Gasteiger partial charge in [-0.3, -0.25) is 29.5 Å². The Balaban J connectivity index is 1.40. The van der Waals surface area contributed by atoms with Gasteiger partial charge in [-0.2, -0.15) is 0 Å². The molecule has 0 saturated carbocycles. The van der Waals surface area contributed by atoms with Crippen LogP contribution < -0.4 is 16.1 Å². The Morgan fingerprint density at radius 1 is 0.843 bits per heavy atom. The summed E-state index contributed by atoms with van der Waals surface area (Å²) in [6.45, 7) is 6.54. The van der Waals surface area contributed by atoms with Crippen molar-refractivity contribution in [3.63, 3.8) is 0 Å². The molecule has 0 fully saturated rings. The van der Waals surface area contributed by atoms with Crippen LogP contribution in [0.25, 0.3) is 10.8 Å². The summed E-state index contributed by atoms with van der Waals surface area (Å²) in [6, 6.07) is 25.2. The van der Waals surface area contributed by atoms with E-state index >= 15 is 0 Å². The summed E-state index contributed by atoms with van der Waals surface area (Å²) in [5.41, 5.74) is 4.34. The topological polar surface area (TPSA) is 160 Å². The van der Waals surface area contributed by atoms with Crippen molar-refractivity contribution in [2.24, 2.45) is 5.92 Å². The molecule has 0 radical (unpaired) electrons. The van der Waals surface area contributed by atoms with Gasteiger partial charge in [-0.1, -0.05) is 98.8 Å². The van der Waals surface area contributed by atoms with E-state index in [0.717, 1.165) is 16.3 Å². The van der Waals surface area contributed by atoms with Gasteiger partial charge < -0.3 is 20.5 Å². The Morgan fingerprint density at radius 3 is 2.18 bits per heavy atom. The highest BCUT2D eigenvalue weighted by Gasteiger charge is 2.46. The zero-order valence-electron chi connectivity index (χ0n) is 28.9. The quantitative estimate of drug-likeness (QED) is 0.134. The number of rotatable bonds is 14. The second-order valence-electron chi connectivity index (χ2n) is 13.0. The van der Waals surface area contributed by atoms with Gasteiger partial charge in [0.15, 0.2) is 18.0 Å². The molecule has 1 heterocycles. The number of carboxylic acids is 1. The van der Waals surface area contributed by atoms with E-state index in [1.165, 1.54) is 0 Å². The van der Waals surface area contributed by atoms with Gasteiger partial charge in [-0.25, -0.2) is 4.79 Å². The van der Waals surface area contributed by atoms with E-state index in [1.54, 1.807) is 68.5 Å². The number of benzene rings is 4. The molecular formula is C40H41N3O8. The number of fused-ring (bicyclic) bond motifs is 1. The first kappa shape index (κ1) is 36.5. The van der Waals surface area contributed by atoms with Crippen LogP contribution >= 0.6 is 0 Å². The van der Waals surface area contributed by atoms with Crippen molar-refractivity contribution in [2.45, 2.75) is 58.2 Å². The first-order valence-corrected chi connectivity index (χ1v) is 16.7. The maximum Gasteiger partial charge on any atom is 0.339 e. The molecule has 4 aromatic carbocycles. The predicted octanol–water partition coefficient (Wildman–Crippen LogP) is 5.00. The van der Waals surface area contributed by atoms with E-state index in [1.807, 2.05) is 56.3 Å². The maximum atomic E-state index is 14.2. The number of carboxylic acid groups (broad SMARTS) is 1. The number of carbonyl (C=O) groups is 5. The number of aliphatic carboxylic acids is 1. The molecule has 1 aliphatic rings. The molecule has 264 valence electrons. The highest BCUT2D eigenvalue weighted by atomic mass is 16.7. The largest absolute Gasteiger partial charge is 0.481 e. The number of ketones is 1. The van der Waals surface area contributed by atoms with Gasteiger partial charge in [-0.05, 0) is 59.4 Å². The van der Waals surface area contributed by atoms with Crippen molar-refractivity contribution in [1.29, 1.82) is 0 Å². The van der Waals surface area contributed by atoms with Crippen molar-refractivity contribution in [3.05, 3.63) is 131 Å². The first-order valence-electron chi connectivity index (χ1n) is 16.7. The number of aryl methyl sites for hydroxylation is 2. The number of hydroxylamine groups is 1. The van der Waals surface area contributed by atoms with Crippen LogP contribution in [0.2, 0.25) is 0 Å². The summed E-state index contributed by atoms with van der Waals surface area (Å²) < 4.78 is 5.29. The van der Waals surface area contributed by atoms with Crippen molar-refractivity contribution in [1.82, 2.24) is 16.1 Å². The van der Waals surface area contributed by atoms with Crippen LogP contribution in [-0.4, -0.2) is 58.9 Å². The second kappa shape index (κ2) is 15.8. The van der Waals surface area contributed by atoms with Crippen LogP contribution in [0.4, 0.5) is 0 Å². The summed E-state index contributed by atoms with van der Waals surface area (Å²) in [4.78, 5) is 71.9. The Labute approximate surface area is 296 Å². The standard InChI is InChI=1S/C40H41N3O8/c1-24(2)36(42-37(47)30-19-11-17-28-16-8-9-18-29(28)30)32-22-40(51-43-32,21-27-14-6-5-7-15-27)39(49)41-31(20-34(45)46)33(44)23-50-38(48)35-25(3)12-10-13-26(35)4/h5-19,22,24,31,36,43H,20-21,23H2,1-4H3,(H,41,49)(H,42,47)(H,45,46)/t31-,36-,40?/m0/s1. The van der Waals surface area contributed by atoms with E-state index < -0.39 is 54.3 Å². The fourth-order valence-electron chi connectivity index (χ4n) is 6.18. The van der Waals surface area contributed by atoms with Crippen LogP contribution in [0.3, 0.4) is 0 Å². The van der Waals surface area contributed by atoms with E-state index in [0.29, 0.717) is 28.0 Å². The van der Waals surface area contributed by atoms with Gasteiger partial charge in [0.25, 0.3) is 11.8 Å². The number of Topliss-reactive ketones (excluding diaryl/α,β-unsaturated/α-hetero) is 1. The van der Waals surface area contributed by atoms with E-state index in [2.05, 4.69) is 16.1 Å². The molecule has 0 bridgehead atoms. The Bertz CT molecular complexity index is 1960. The van der Waals surface area contributed by atoms with Gasteiger partial charge in [0.05, 0.1) is 23.7 Å². The monoisotopic (exact) mass is 691 g/mol. The maximum absolute atomic E-state index is 14.2. The summed E-state index contributed by atoms with van der Waals surface area (Å²) in [7, 11) is 0. The minimum absolute atomic E-state index is 0.00772. The fraction of sp³-hybridized carbons (Fsp3) is 0.275. The third-order valence-electron chi connectivity index (χ3n) is 8.86. The van der Waals surface area contributed by atoms with E-state index in [9.17, 15) is 29.1 Å². The van der Waals surface area contributed by atoms with Crippen LogP contribution in [0.15, 0.2) is 103 Å². The molecular weight excluding hydrogens is 650 g/mol. The summed E-state index contributed by atoms with van der Waals surface area (Å²) in [6.07, 6.45) is 0.813. The predicted molar refractivity (Wildman–Crippen MR) is 191 cm³/mol. The molecule has 1 aliphatic heterocycles. The molecule has 11 heteroatoms. The van der Waals surface area contributed by atoms with Crippen LogP contribution in [0.5, 0.6) is 0 Å². The zero-order chi connectivity index (χ0) is 36.7. The number of nitrogens with one attached hydrogen (secondary N) is 3. The second-order valence-corrected chi connectivity index (χ2v) is 13.0. The molecule has 3 atom stereocenters. The summed E-state index contributed by atoms with van der Waals surface area (Å²) in [5.74, 6) is -4.16. The molecule has 4 N–H and O–H groups in total. The average Bonchev–Trinajstić information content (AvgIpc) is 3.53. The Kier molecular flexibility index (Phi) is 11.3. The van der Waals surface area contributed by atoms with Gasteiger partial charge in [0.2, 0.25) is 0 Å². The van der Waals surface area contributed by atoms with E-state index in [-0.39, 0.29) is 18.2 Å². The minimum atomic E-state index is -1.75. The fourth-order valence-corrected chi connectivity index (χ4v) is 6.18.